The fourth-order valence-corrected chi connectivity index (χ4v) is 2.47. The number of amides is 2. The van der Waals surface area contributed by atoms with Gasteiger partial charge in [-0.2, -0.15) is 0 Å². The fraction of sp³-hybridized carbons (Fsp3) is 0.818. The van der Waals surface area contributed by atoms with Gasteiger partial charge in [0.05, 0.1) is 6.54 Å². The summed E-state index contributed by atoms with van der Waals surface area (Å²) in [5.41, 5.74) is 0. The molecule has 1 atom stereocenters. The number of likely N-dealkylation sites (N-methyl/N-ethyl adjacent to an activating group) is 1. The zero-order chi connectivity index (χ0) is 11.5. The quantitative estimate of drug-likeness (QED) is 0.721. The van der Waals surface area contributed by atoms with Crippen molar-refractivity contribution in [1.29, 1.82) is 0 Å². The van der Waals surface area contributed by atoms with Crippen LogP contribution in [0.1, 0.15) is 19.3 Å². The maximum atomic E-state index is 11.8. The van der Waals surface area contributed by atoms with Crippen LogP contribution in [0.15, 0.2) is 0 Å². The number of carbonyl (C=O) groups excluding carboxylic acids is 2. The minimum Gasteiger partial charge on any atom is -0.343 e. The number of piperidine rings is 1. The average molecular weight is 262 g/mol. The van der Waals surface area contributed by atoms with Gasteiger partial charge in [-0.05, 0) is 38.3 Å². The molecule has 2 heterocycles. The van der Waals surface area contributed by atoms with Crippen LogP contribution in [-0.2, 0) is 9.59 Å². The molecule has 0 bridgehead atoms. The molecule has 0 aromatic carbocycles. The molecule has 0 spiro atoms. The molecule has 0 saturated carbocycles. The predicted molar refractivity (Wildman–Crippen MR) is 67.0 cm³/mol. The standard InChI is InChI=1S/C11H19N3O2.ClH/c1-14-7-10(15)13-9(11(14)16)6-8-2-4-12-5-3-8;/h8-9,12H,2-7H2,1H3,(H,13,15);1H. The molecular formula is C11H20ClN3O2. The first-order chi connectivity index (χ1) is 7.66. The van der Waals surface area contributed by atoms with Crippen molar-refractivity contribution in [3.05, 3.63) is 0 Å². The second-order valence-corrected chi connectivity index (χ2v) is 4.74. The van der Waals surface area contributed by atoms with E-state index < -0.39 is 0 Å². The van der Waals surface area contributed by atoms with Gasteiger partial charge in [-0.15, -0.1) is 12.4 Å². The van der Waals surface area contributed by atoms with E-state index in [-0.39, 0.29) is 36.8 Å². The van der Waals surface area contributed by atoms with Crippen LogP contribution in [0.3, 0.4) is 0 Å². The lowest BCUT2D eigenvalue weighted by Crippen LogP contribution is -2.57. The number of piperazine rings is 1. The summed E-state index contributed by atoms with van der Waals surface area (Å²) in [6.45, 7) is 2.24. The number of halogens is 1. The Hall–Kier alpha value is -0.810. The normalized spacial score (nSPS) is 26.4. The number of rotatable bonds is 2. The molecule has 5 nitrogen and oxygen atoms in total. The molecular weight excluding hydrogens is 242 g/mol. The molecule has 2 fully saturated rings. The summed E-state index contributed by atoms with van der Waals surface area (Å²) in [5, 5.41) is 6.09. The molecule has 2 aliphatic rings. The lowest BCUT2D eigenvalue weighted by Gasteiger charge is -2.33. The van der Waals surface area contributed by atoms with E-state index in [1.807, 2.05) is 0 Å². The van der Waals surface area contributed by atoms with Crippen molar-refractivity contribution >= 4 is 24.2 Å². The van der Waals surface area contributed by atoms with Gasteiger partial charge in [0.25, 0.3) is 0 Å². The van der Waals surface area contributed by atoms with Crippen molar-refractivity contribution < 1.29 is 9.59 Å². The van der Waals surface area contributed by atoms with Gasteiger partial charge in [0, 0.05) is 7.05 Å². The van der Waals surface area contributed by atoms with E-state index in [0.717, 1.165) is 32.4 Å². The van der Waals surface area contributed by atoms with E-state index in [9.17, 15) is 9.59 Å². The summed E-state index contributed by atoms with van der Waals surface area (Å²) >= 11 is 0. The minimum atomic E-state index is -0.297. The van der Waals surface area contributed by atoms with E-state index in [1.165, 1.54) is 4.90 Å². The van der Waals surface area contributed by atoms with Crippen LogP contribution in [0.4, 0.5) is 0 Å². The summed E-state index contributed by atoms with van der Waals surface area (Å²) in [6, 6.07) is -0.297. The van der Waals surface area contributed by atoms with Crippen LogP contribution >= 0.6 is 12.4 Å². The minimum absolute atomic E-state index is 0. The third-order valence-corrected chi connectivity index (χ3v) is 3.42. The molecule has 98 valence electrons. The van der Waals surface area contributed by atoms with E-state index in [4.69, 9.17) is 0 Å². The monoisotopic (exact) mass is 261 g/mol. The molecule has 0 aromatic heterocycles. The van der Waals surface area contributed by atoms with E-state index >= 15 is 0 Å². The number of hydrogen-bond donors (Lipinski definition) is 2. The highest BCUT2D eigenvalue weighted by molar-refractivity contribution is 5.94. The molecule has 17 heavy (non-hydrogen) atoms. The molecule has 2 saturated heterocycles. The van der Waals surface area contributed by atoms with Gasteiger partial charge in [0.15, 0.2) is 0 Å². The lowest BCUT2D eigenvalue weighted by atomic mass is 9.90. The van der Waals surface area contributed by atoms with Crippen molar-refractivity contribution in [3.8, 4) is 0 Å². The van der Waals surface area contributed by atoms with Crippen molar-refractivity contribution in [3.63, 3.8) is 0 Å². The van der Waals surface area contributed by atoms with Crippen LogP contribution in [0.25, 0.3) is 0 Å². The molecule has 2 rings (SSSR count). The Kier molecular flexibility index (Phi) is 5.21. The Bertz CT molecular complexity index is 292. The maximum absolute atomic E-state index is 11.8. The highest BCUT2D eigenvalue weighted by Crippen LogP contribution is 2.19. The first kappa shape index (κ1) is 14.3. The van der Waals surface area contributed by atoms with E-state index in [1.54, 1.807) is 7.05 Å². The molecule has 2 amide bonds. The largest absolute Gasteiger partial charge is 0.343 e. The molecule has 6 heteroatoms. The molecule has 0 aromatic rings. The smallest absolute Gasteiger partial charge is 0.245 e. The Morgan fingerprint density at radius 1 is 1.29 bits per heavy atom. The lowest BCUT2D eigenvalue weighted by molar-refractivity contribution is -0.143. The predicted octanol–water partition coefficient (Wildman–Crippen LogP) is -0.245. The average Bonchev–Trinajstić information content (AvgIpc) is 2.27. The van der Waals surface area contributed by atoms with Crippen molar-refractivity contribution in [2.24, 2.45) is 5.92 Å². The van der Waals surface area contributed by atoms with Crippen LogP contribution in [0, 0.1) is 5.92 Å². The van der Waals surface area contributed by atoms with Gasteiger partial charge < -0.3 is 15.5 Å². The summed E-state index contributed by atoms with van der Waals surface area (Å²) in [7, 11) is 1.69. The van der Waals surface area contributed by atoms with Gasteiger partial charge in [-0.25, -0.2) is 0 Å². The SMILES string of the molecule is CN1CC(=O)NC(CC2CCNCC2)C1=O.Cl. The molecule has 0 aliphatic carbocycles. The first-order valence-corrected chi connectivity index (χ1v) is 5.92. The highest BCUT2D eigenvalue weighted by Gasteiger charge is 2.32. The maximum Gasteiger partial charge on any atom is 0.245 e. The Labute approximate surface area is 108 Å². The molecule has 2 aliphatic heterocycles. The zero-order valence-electron chi connectivity index (χ0n) is 10.1. The third kappa shape index (κ3) is 3.57. The summed E-state index contributed by atoms with van der Waals surface area (Å²) < 4.78 is 0. The van der Waals surface area contributed by atoms with Crippen molar-refractivity contribution in [2.45, 2.75) is 25.3 Å². The van der Waals surface area contributed by atoms with E-state index in [2.05, 4.69) is 10.6 Å². The summed E-state index contributed by atoms with van der Waals surface area (Å²) in [4.78, 5) is 24.7. The van der Waals surface area contributed by atoms with Gasteiger partial charge in [-0.1, -0.05) is 0 Å². The number of nitrogens with zero attached hydrogens (tertiary/aromatic N) is 1. The van der Waals surface area contributed by atoms with Gasteiger partial charge in [-0.3, -0.25) is 9.59 Å². The van der Waals surface area contributed by atoms with E-state index in [0.29, 0.717) is 5.92 Å². The zero-order valence-corrected chi connectivity index (χ0v) is 10.9. The molecule has 0 radical (unpaired) electrons. The topological polar surface area (TPSA) is 61.4 Å². The number of carbonyl (C=O) groups is 2. The summed E-state index contributed by atoms with van der Waals surface area (Å²) in [6.07, 6.45) is 2.99. The van der Waals surface area contributed by atoms with Crippen LogP contribution in [-0.4, -0.2) is 49.4 Å². The fourth-order valence-electron chi connectivity index (χ4n) is 2.47. The Morgan fingerprint density at radius 2 is 1.94 bits per heavy atom. The molecule has 1 unspecified atom stereocenters. The van der Waals surface area contributed by atoms with Gasteiger partial charge in [0.1, 0.15) is 6.04 Å². The van der Waals surface area contributed by atoms with Gasteiger partial charge in [0.2, 0.25) is 11.8 Å². The Morgan fingerprint density at radius 3 is 2.59 bits per heavy atom. The van der Waals surface area contributed by atoms with Gasteiger partial charge >= 0.3 is 0 Å². The third-order valence-electron chi connectivity index (χ3n) is 3.42. The molecule has 2 N–H and O–H groups in total. The number of hydrogen-bond acceptors (Lipinski definition) is 3. The van der Waals surface area contributed by atoms with Crippen LogP contribution in [0.5, 0.6) is 0 Å². The number of nitrogens with one attached hydrogen (secondary N) is 2. The van der Waals surface area contributed by atoms with Crippen LogP contribution < -0.4 is 10.6 Å². The Balaban J connectivity index is 0.00000144. The first-order valence-electron chi connectivity index (χ1n) is 5.92. The second kappa shape index (κ2) is 6.21. The van der Waals surface area contributed by atoms with Crippen LogP contribution in [0.2, 0.25) is 0 Å². The van der Waals surface area contributed by atoms with Crippen molar-refractivity contribution in [2.75, 3.05) is 26.7 Å². The summed E-state index contributed by atoms with van der Waals surface area (Å²) in [5.74, 6) is 0.571. The van der Waals surface area contributed by atoms with Crippen molar-refractivity contribution in [1.82, 2.24) is 15.5 Å². The highest BCUT2D eigenvalue weighted by atomic mass is 35.5. The second-order valence-electron chi connectivity index (χ2n) is 4.74.